The van der Waals surface area contributed by atoms with Crippen molar-refractivity contribution in [2.45, 2.75) is 33.7 Å². The standard InChI is InChI=1S/C33H32N4O2/c1-22-8-11-25(12-9-22)32(38)36-29-13-14-30-26(19-29)20-31(33(39)35-17-15-28-6-4-5-16-34-28)37(30)21-27-18-23(2)7-10-24(27)3/h4-14,16,18-20H,15,17,21H2,1-3H3,(H,35,39)(H,36,38). The summed E-state index contributed by atoms with van der Waals surface area (Å²) in [7, 11) is 0. The molecule has 5 rings (SSSR count). The van der Waals surface area contributed by atoms with Crippen LogP contribution >= 0.6 is 0 Å². The molecule has 39 heavy (non-hydrogen) atoms. The van der Waals surface area contributed by atoms with E-state index in [-0.39, 0.29) is 11.8 Å². The lowest BCUT2D eigenvalue weighted by Crippen LogP contribution is -2.28. The van der Waals surface area contributed by atoms with E-state index in [4.69, 9.17) is 0 Å². The Balaban J connectivity index is 1.44. The molecule has 6 nitrogen and oxygen atoms in total. The summed E-state index contributed by atoms with van der Waals surface area (Å²) in [4.78, 5) is 30.6. The summed E-state index contributed by atoms with van der Waals surface area (Å²) in [6.07, 6.45) is 2.41. The molecule has 0 saturated heterocycles. The minimum absolute atomic E-state index is 0.141. The Kier molecular flexibility index (Phi) is 7.55. The monoisotopic (exact) mass is 516 g/mol. The van der Waals surface area contributed by atoms with Crippen LogP contribution in [0.25, 0.3) is 10.9 Å². The molecule has 0 atom stereocenters. The van der Waals surface area contributed by atoms with Gasteiger partial charge in [0, 0.05) is 53.6 Å². The minimum atomic E-state index is -0.170. The van der Waals surface area contributed by atoms with E-state index in [1.165, 1.54) is 11.1 Å². The van der Waals surface area contributed by atoms with Crippen LogP contribution in [0.2, 0.25) is 0 Å². The van der Waals surface area contributed by atoms with Crippen LogP contribution in [0.5, 0.6) is 0 Å². The highest BCUT2D eigenvalue weighted by atomic mass is 16.2. The molecule has 0 spiro atoms. The predicted octanol–water partition coefficient (Wildman–Crippen LogP) is 6.23. The van der Waals surface area contributed by atoms with Crippen molar-refractivity contribution in [3.8, 4) is 0 Å². The summed E-state index contributed by atoms with van der Waals surface area (Å²) in [6.45, 7) is 7.20. The first-order valence-electron chi connectivity index (χ1n) is 13.1. The summed E-state index contributed by atoms with van der Waals surface area (Å²) in [5, 5.41) is 6.94. The molecule has 6 heteroatoms. The molecule has 0 fully saturated rings. The van der Waals surface area contributed by atoms with Gasteiger partial charge in [-0.1, -0.05) is 47.5 Å². The second-order valence-corrected chi connectivity index (χ2v) is 9.97. The molecule has 0 bridgehead atoms. The zero-order valence-corrected chi connectivity index (χ0v) is 22.5. The normalized spacial score (nSPS) is 10.9. The van der Waals surface area contributed by atoms with Crippen molar-refractivity contribution in [3.05, 3.63) is 130 Å². The van der Waals surface area contributed by atoms with Gasteiger partial charge in [0.15, 0.2) is 0 Å². The van der Waals surface area contributed by atoms with Gasteiger partial charge in [0.2, 0.25) is 0 Å². The molecule has 5 aromatic rings. The highest BCUT2D eigenvalue weighted by molar-refractivity contribution is 6.06. The quantitative estimate of drug-likeness (QED) is 0.257. The molecule has 0 aliphatic heterocycles. The van der Waals surface area contributed by atoms with E-state index in [1.807, 2.05) is 73.7 Å². The molecule has 0 aliphatic rings. The topological polar surface area (TPSA) is 76.0 Å². The average molecular weight is 517 g/mol. The SMILES string of the molecule is Cc1ccc(C(=O)Nc2ccc3c(c2)cc(C(=O)NCCc2ccccn2)n3Cc2cc(C)ccc2C)cc1. The maximum Gasteiger partial charge on any atom is 0.267 e. The molecule has 2 aromatic heterocycles. The molecule has 0 aliphatic carbocycles. The molecule has 0 radical (unpaired) electrons. The Labute approximate surface area is 228 Å². The van der Waals surface area contributed by atoms with Gasteiger partial charge in [-0.3, -0.25) is 14.6 Å². The van der Waals surface area contributed by atoms with Crippen LogP contribution in [-0.4, -0.2) is 27.9 Å². The summed E-state index contributed by atoms with van der Waals surface area (Å²) in [5.41, 5.74) is 8.33. The molecule has 3 aromatic carbocycles. The Morgan fingerprint density at radius 2 is 1.62 bits per heavy atom. The van der Waals surface area contributed by atoms with Gasteiger partial charge in [-0.15, -0.1) is 0 Å². The number of nitrogens with zero attached hydrogens (tertiary/aromatic N) is 2. The first-order chi connectivity index (χ1) is 18.9. The van der Waals surface area contributed by atoms with E-state index < -0.39 is 0 Å². The Hall–Kier alpha value is -4.71. The highest BCUT2D eigenvalue weighted by Gasteiger charge is 2.18. The van der Waals surface area contributed by atoms with Gasteiger partial charge in [-0.25, -0.2) is 0 Å². The second kappa shape index (κ2) is 11.4. The number of aryl methyl sites for hydroxylation is 3. The zero-order chi connectivity index (χ0) is 27.4. The van der Waals surface area contributed by atoms with E-state index in [1.54, 1.807) is 6.20 Å². The first-order valence-corrected chi connectivity index (χ1v) is 13.1. The fraction of sp³-hybridized carbons (Fsp3) is 0.182. The molecule has 2 heterocycles. The minimum Gasteiger partial charge on any atom is -0.350 e. The number of anilines is 1. The number of hydrogen-bond donors (Lipinski definition) is 2. The number of pyridine rings is 1. The zero-order valence-electron chi connectivity index (χ0n) is 22.5. The van der Waals surface area contributed by atoms with Crippen molar-refractivity contribution < 1.29 is 9.59 Å². The molecule has 2 N–H and O–H groups in total. The van der Waals surface area contributed by atoms with E-state index in [0.29, 0.717) is 36.5 Å². The number of carbonyl (C=O) groups is 2. The van der Waals surface area contributed by atoms with Gasteiger partial charge < -0.3 is 15.2 Å². The number of carbonyl (C=O) groups excluding carboxylic acids is 2. The van der Waals surface area contributed by atoms with E-state index in [9.17, 15) is 9.59 Å². The van der Waals surface area contributed by atoms with Gasteiger partial charge in [-0.2, -0.15) is 0 Å². The van der Waals surface area contributed by atoms with Crippen LogP contribution in [0.3, 0.4) is 0 Å². The Morgan fingerprint density at radius 1 is 0.821 bits per heavy atom. The Bertz CT molecular complexity index is 1640. The van der Waals surface area contributed by atoms with Crippen LogP contribution in [-0.2, 0) is 13.0 Å². The second-order valence-electron chi connectivity index (χ2n) is 9.97. The third kappa shape index (κ3) is 6.07. The largest absolute Gasteiger partial charge is 0.350 e. The molecule has 0 unspecified atom stereocenters. The number of amides is 2. The first kappa shape index (κ1) is 25.9. The lowest BCUT2D eigenvalue weighted by atomic mass is 10.1. The summed E-state index contributed by atoms with van der Waals surface area (Å²) in [6, 6.07) is 27.3. The summed E-state index contributed by atoms with van der Waals surface area (Å²) >= 11 is 0. The highest BCUT2D eigenvalue weighted by Crippen LogP contribution is 2.26. The number of hydrogen-bond acceptors (Lipinski definition) is 3. The fourth-order valence-electron chi connectivity index (χ4n) is 4.70. The third-order valence-electron chi connectivity index (χ3n) is 6.93. The molecule has 2 amide bonds. The lowest BCUT2D eigenvalue weighted by molar-refractivity contribution is 0.0945. The van der Waals surface area contributed by atoms with Crippen molar-refractivity contribution in [1.82, 2.24) is 14.9 Å². The average Bonchev–Trinajstić information content (AvgIpc) is 3.29. The molecule has 196 valence electrons. The lowest BCUT2D eigenvalue weighted by Gasteiger charge is -2.14. The van der Waals surface area contributed by atoms with Crippen LogP contribution < -0.4 is 10.6 Å². The fourth-order valence-corrected chi connectivity index (χ4v) is 4.70. The maximum absolute atomic E-state index is 13.4. The van der Waals surface area contributed by atoms with Gasteiger partial charge in [0.25, 0.3) is 11.8 Å². The van der Waals surface area contributed by atoms with Crippen molar-refractivity contribution in [1.29, 1.82) is 0 Å². The van der Waals surface area contributed by atoms with E-state index in [2.05, 4.69) is 52.2 Å². The number of aromatic nitrogens is 2. The van der Waals surface area contributed by atoms with Crippen LogP contribution in [0.4, 0.5) is 5.69 Å². The van der Waals surface area contributed by atoms with Crippen molar-refractivity contribution >= 4 is 28.4 Å². The number of nitrogens with one attached hydrogen (secondary N) is 2. The number of benzene rings is 3. The number of rotatable bonds is 8. The maximum atomic E-state index is 13.4. The van der Waals surface area contributed by atoms with Gasteiger partial charge in [0.05, 0.1) is 0 Å². The van der Waals surface area contributed by atoms with Crippen LogP contribution in [0.15, 0.2) is 91.1 Å². The van der Waals surface area contributed by atoms with E-state index in [0.717, 1.165) is 27.7 Å². The molecular weight excluding hydrogens is 484 g/mol. The van der Waals surface area contributed by atoms with Gasteiger partial charge >= 0.3 is 0 Å². The summed E-state index contributed by atoms with van der Waals surface area (Å²) in [5.74, 6) is -0.311. The summed E-state index contributed by atoms with van der Waals surface area (Å²) < 4.78 is 2.05. The molecule has 0 saturated carbocycles. The molecular formula is C33H32N4O2. The number of fused-ring (bicyclic) bond motifs is 1. The van der Waals surface area contributed by atoms with Gasteiger partial charge in [0.1, 0.15) is 5.69 Å². The van der Waals surface area contributed by atoms with Crippen LogP contribution in [0.1, 0.15) is 48.8 Å². The van der Waals surface area contributed by atoms with Crippen molar-refractivity contribution in [2.24, 2.45) is 0 Å². The van der Waals surface area contributed by atoms with Crippen molar-refractivity contribution in [2.75, 3.05) is 11.9 Å². The smallest absolute Gasteiger partial charge is 0.267 e. The Morgan fingerprint density at radius 3 is 2.38 bits per heavy atom. The van der Waals surface area contributed by atoms with E-state index >= 15 is 0 Å². The third-order valence-corrected chi connectivity index (χ3v) is 6.93. The predicted molar refractivity (Wildman–Crippen MR) is 156 cm³/mol. The van der Waals surface area contributed by atoms with Gasteiger partial charge in [-0.05, 0) is 80.4 Å². The van der Waals surface area contributed by atoms with Crippen molar-refractivity contribution in [3.63, 3.8) is 0 Å². The van der Waals surface area contributed by atoms with Crippen LogP contribution in [0, 0.1) is 20.8 Å².